The Morgan fingerprint density at radius 2 is 2.00 bits per heavy atom. The van der Waals surface area contributed by atoms with Crippen LogP contribution in [0.2, 0.25) is 0 Å². The fourth-order valence-electron chi connectivity index (χ4n) is 3.28. The number of ketones is 1. The second-order valence-corrected chi connectivity index (χ2v) is 7.15. The SMILES string of the molecule is CCCCC1CCC(C(=O)Cc2cc(Br)ccc2F)CC1. The van der Waals surface area contributed by atoms with E-state index >= 15 is 0 Å². The molecule has 1 aliphatic rings. The van der Waals surface area contributed by atoms with Crippen molar-refractivity contribution in [2.24, 2.45) is 11.8 Å². The van der Waals surface area contributed by atoms with E-state index in [9.17, 15) is 9.18 Å². The summed E-state index contributed by atoms with van der Waals surface area (Å²) in [5.74, 6) is 0.877. The smallest absolute Gasteiger partial charge is 0.140 e. The summed E-state index contributed by atoms with van der Waals surface area (Å²) in [7, 11) is 0. The Kier molecular flexibility index (Phi) is 6.40. The normalized spacial score (nSPS) is 22.2. The van der Waals surface area contributed by atoms with Gasteiger partial charge in [-0.15, -0.1) is 0 Å². The Balaban J connectivity index is 1.86. The summed E-state index contributed by atoms with van der Waals surface area (Å²) in [5, 5.41) is 0. The van der Waals surface area contributed by atoms with E-state index in [1.807, 2.05) is 0 Å². The van der Waals surface area contributed by atoms with Gasteiger partial charge in [0.2, 0.25) is 0 Å². The molecule has 3 heteroatoms. The van der Waals surface area contributed by atoms with Crippen LogP contribution in [0.4, 0.5) is 4.39 Å². The van der Waals surface area contributed by atoms with Crippen LogP contribution < -0.4 is 0 Å². The molecular formula is C18H24BrFO. The second-order valence-electron chi connectivity index (χ2n) is 6.24. The van der Waals surface area contributed by atoms with Gasteiger partial charge in [0.15, 0.2) is 0 Å². The molecule has 1 aliphatic carbocycles. The number of carbonyl (C=O) groups is 1. The lowest BCUT2D eigenvalue weighted by molar-refractivity contribution is -0.123. The molecule has 1 nitrogen and oxygen atoms in total. The molecule has 0 unspecified atom stereocenters. The molecule has 0 N–H and O–H groups in total. The second kappa shape index (κ2) is 8.07. The summed E-state index contributed by atoms with van der Waals surface area (Å²) in [5.41, 5.74) is 0.516. The number of carbonyl (C=O) groups excluding carboxylic acids is 1. The molecule has 1 aromatic carbocycles. The van der Waals surface area contributed by atoms with Crippen LogP contribution in [0, 0.1) is 17.7 Å². The molecule has 0 aromatic heterocycles. The molecule has 116 valence electrons. The third-order valence-corrected chi connectivity index (χ3v) is 5.13. The number of hydrogen-bond acceptors (Lipinski definition) is 1. The minimum Gasteiger partial charge on any atom is -0.299 e. The number of Topliss-reactive ketones (excluding diaryl/α,β-unsaturated/α-hetero) is 1. The van der Waals surface area contributed by atoms with Crippen LogP contribution >= 0.6 is 15.9 Å². The minimum absolute atomic E-state index is 0.140. The molecule has 0 bridgehead atoms. The van der Waals surface area contributed by atoms with Gasteiger partial charge in [-0.25, -0.2) is 4.39 Å². The molecule has 0 atom stereocenters. The molecule has 1 aromatic rings. The third-order valence-electron chi connectivity index (χ3n) is 4.64. The van der Waals surface area contributed by atoms with Gasteiger partial charge >= 0.3 is 0 Å². The Hall–Kier alpha value is -0.700. The number of unbranched alkanes of at least 4 members (excludes halogenated alkanes) is 1. The Morgan fingerprint density at radius 3 is 2.67 bits per heavy atom. The molecule has 2 rings (SSSR count). The van der Waals surface area contributed by atoms with Crippen molar-refractivity contribution < 1.29 is 9.18 Å². The molecule has 21 heavy (non-hydrogen) atoms. The maximum absolute atomic E-state index is 13.7. The Morgan fingerprint density at radius 1 is 1.29 bits per heavy atom. The minimum atomic E-state index is -0.275. The van der Waals surface area contributed by atoms with Crippen LogP contribution in [0.1, 0.15) is 57.4 Å². The van der Waals surface area contributed by atoms with Crippen LogP contribution in [0.5, 0.6) is 0 Å². The van der Waals surface area contributed by atoms with E-state index in [4.69, 9.17) is 0 Å². The molecule has 0 saturated heterocycles. The fraction of sp³-hybridized carbons (Fsp3) is 0.611. The molecule has 0 heterocycles. The number of halogens is 2. The molecular weight excluding hydrogens is 331 g/mol. The first-order valence-corrected chi connectivity index (χ1v) is 8.86. The van der Waals surface area contributed by atoms with E-state index in [0.29, 0.717) is 5.56 Å². The zero-order valence-electron chi connectivity index (χ0n) is 12.7. The summed E-state index contributed by atoms with van der Waals surface area (Å²) in [4.78, 5) is 12.4. The van der Waals surface area contributed by atoms with Crippen molar-refractivity contribution in [3.05, 3.63) is 34.1 Å². The van der Waals surface area contributed by atoms with Gasteiger partial charge in [0.05, 0.1) is 0 Å². The highest BCUT2D eigenvalue weighted by Gasteiger charge is 2.26. The fourth-order valence-corrected chi connectivity index (χ4v) is 3.69. The maximum Gasteiger partial charge on any atom is 0.140 e. The predicted octanol–water partition coefficient (Wildman–Crippen LogP) is 5.70. The van der Waals surface area contributed by atoms with Gasteiger partial charge in [-0.05, 0) is 55.4 Å². The quantitative estimate of drug-likeness (QED) is 0.640. The molecule has 0 aliphatic heterocycles. The first-order valence-electron chi connectivity index (χ1n) is 8.06. The summed E-state index contributed by atoms with van der Waals surface area (Å²) in [6.07, 6.45) is 8.39. The van der Waals surface area contributed by atoms with Gasteiger partial charge in [0.25, 0.3) is 0 Å². The number of hydrogen-bond donors (Lipinski definition) is 0. The van der Waals surface area contributed by atoms with Crippen molar-refractivity contribution in [2.75, 3.05) is 0 Å². The lowest BCUT2D eigenvalue weighted by Crippen LogP contribution is -2.23. The number of rotatable bonds is 6. The highest BCUT2D eigenvalue weighted by molar-refractivity contribution is 9.10. The maximum atomic E-state index is 13.7. The lowest BCUT2D eigenvalue weighted by atomic mass is 9.77. The summed E-state index contributed by atoms with van der Waals surface area (Å²) >= 11 is 3.34. The Bertz CT molecular complexity index is 478. The average Bonchev–Trinajstić information content (AvgIpc) is 2.49. The van der Waals surface area contributed by atoms with Crippen molar-refractivity contribution in [3.8, 4) is 0 Å². The monoisotopic (exact) mass is 354 g/mol. The zero-order chi connectivity index (χ0) is 15.2. The van der Waals surface area contributed by atoms with Crippen LogP contribution in [-0.4, -0.2) is 5.78 Å². The highest BCUT2D eigenvalue weighted by Crippen LogP contribution is 2.33. The van der Waals surface area contributed by atoms with Gasteiger partial charge < -0.3 is 0 Å². The zero-order valence-corrected chi connectivity index (χ0v) is 14.3. The van der Waals surface area contributed by atoms with Crippen molar-refractivity contribution >= 4 is 21.7 Å². The van der Waals surface area contributed by atoms with Crippen molar-refractivity contribution in [3.63, 3.8) is 0 Å². The molecule has 0 spiro atoms. The summed E-state index contributed by atoms with van der Waals surface area (Å²) < 4.78 is 14.6. The van der Waals surface area contributed by atoms with Crippen molar-refractivity contribution in [1.82, 2.24) is 0 Å². The Labute approximate surface area is 135 Å². The largest absolute Gasteiger partial charge is 0.299 e. The van der Waals surface area contributed by atoms with Gasteiger partial charge in [0, 0.05) is 16.8 Å². The average molecular weight is 355 g/mol. The molecule has 1 fully saturated rings. The van der Waals surface area contributed by atoms with Crippen molar-refractivity contribution in [2.45, 2.75) is 58.3 Å². The number of benzene rings is 1. The van der Waals surface area contributed by atoms with Crippen LogP contribution in [0.25, 0.3) is 0 Å². The topological polar surface area (TPSA) is 17.1 Å². The van der Waals surface area contributed by atoms with Crippen molar-refractivity contribution in [1.29, 1.82) is 0 Å². The van der Waals surface area contributed by atoms with Gasteiger partial charge in [0.1, 0.15) is 11.6 Å². The van der Waals surface area contributed by atoms with E-state index in [1.165, 1.54) is 25.3 Å². The predicted molar refractivity (Wildman–Crippen MR) is 87.8 cm³/mol. The molecule has 1 saturated carbocycles. The molecule has 0 amide bonds. The summed E-state index contributed by atoms with van der Waals surface area (Å²) in [6, 6.07) is 4.82. The van der Waals surface area contributed by atoms with Crippen LogP contribution in [-0.2, 0) is 11.2 Å². The first kappa shape index (κ1) is 16.7. The first-order chi connectivity index (χ1) is 10.1. The van der Waals surface area contributed by atoms with E-state index in [1.54, 1.807) is 12.1 Å². The molecule has 0 radical (unpaired) electrons. The van der Waals surface area contributed by atoms with E-state index < -0.39 is 0 Å². The van der Waals surface area contributed by atoms with E-state index in [0.717, 1.165) is 36.1 Å². The van der Waals surface area contributed by atoms with Gasteiger partial charge in [-0.2, -0.15) is 0 Å². The standard InChI is InChI=1S/C18H24BrFO/c1-2-3-4-13-5-7-14(8-6-13)18(21)12-15-11-16(19)9-10-17(15)20/h9-11,13-14H,2-8,12H2,1H3. The van der Waals surface area contributed by atoms with Crippen LogP contribution in [0.15, 0.2) is 22.7 Å². The van der Waals surface area contributed by atoms with E-state index in [2.05, 4.69) is 22.9 Å². The highest BCUT2D eigenvalue weighted by atomic mass is 79.9. The third kappa shape index (κ3) is 4.91. The van der Waals surface area contributed by atoms with Gasteiger partial charge in [-0.3, -0.25) is 4.79 Å². The summed E-state index contributed by atoms with van der Waals surface area (Å²) in [6.45, 7) is 2.22. The van der Waals surface area contributed by atoms with Crippen LogP contribution in [0.3, 0.4) is 0 Å². The van der Waals surface area contributed by atoms with E-state index in [-0.39, 0.29) is 23.9 Å². The lowest BCUT2D eigenvalue weighted by Gasteiger charge is -2.27. The van der Waals surface area contributed by atoms with Gasteiger partial charge in [-0.1, -0.05) is 42.1 Å².